The normalized spacial score (nSPS) is 11.0. The maximum absolute atomic E-state index is 12.6. The average molecular weight is 367 g/mol. The molecule has 25 heavy (non-hydrogen) atoms. The third kappa shape index (κ3) is 3.39. The number of methoxy groups -OCH3 is 1. The number of alkyl halides is 2. The molecule has 0 atom stereocenters. The lowest BCUT2D eigenvalue weighted by atomic mass is 10.2. The number of pyridine rings is 1. The highest BCUT2D eigenvalue weighted by atomic mass is 35.5. The molecule has 0 bridgehead atoms. The van der Waals surface area contributed by atoms with Gasteiger partial charge in [-0.05, 0) is 18.2 Å². The monoisotopic (exact) mass is 366 g/mol. The fraction of sp³-hybridized carbons (Fsp3) is 0.188. The molecule has 2 aromatic heterocycles. The molecule has 9 heteroatoms. The smallest absolute Gasteiger partial charge is 0.388 e. The van der Waals surface area contributed by atoms with Crippen LogP contribution in [0.4, 0.5) is 8.78 Å². The van der Waals surface area contributed by atoms with E-state index in [0.717, 1.165) is 0 Å². The van der Waals surface area contributed by atoms with E-state index in [2.05, 4.69) is 19.9 Å². The van der Waals surface area contributed by atoms with Crippen molar-refractivity contribution >= 4 is 11.6 Å². The van der Waals surface area contributed by atoms with Gasteiger partial charge in [-0.1, -0.05) is 23.7 Å². The molecule has 0 fully saturated rings. The van der Waals surface area contributed by atoms with Gasteiger partial charge in [0.25, 0.3) is 0 Å². The van der Waals surface area contributed by atoms with Crippen LogP contribution in [0, 0.1) is 0 Å². The van der Waals surface area contributed by atoms with Gasteiger partial charge in [0.2, 0.25) is 5.88 Å². The molecule has 0 aliphatic rings. The molecule has 0 radical (unpaired) electrons. The summed E-state index contributed by atoms with van der Waals surface area (Å²) in [5.41, 5.74) is 0.918. The Labute approximate surface area is 147 Å². The quantitative estimate of drug-likeness (QED) is 0.687. The van der Waals surface area contributed by atoms with E-state index in [1.165, 1.54) is 12.3 Å². The second kappa shape index (κ2) is 7.02. The number of benzene rings is 1. The first-order chi connectivity index (χ1) is 12.0. The predicted molar refractivity (Wildman–Crippen MR) is 87.9 cm³/mol. The first kappa shape index (κ1) is 17.1. The van der Waals surface area contributed by atoms with Crippen molar-refractivity contribution < 1.29 is 18.3 Å². The van der Waals surface area contributed by atoms with E-state index >= 15 is 0 Å². The summed E-state index contributed by atoms with van der Waals surface area (Å²) in [6.45, 7) is -3.02. The summed E-state index contributed by atoms with van der Waals surface area (Å²) in [5.74, 6) is 1.11. The van der Waals surface area contributed by atoms with E-state index in [1.54, 1.807) is 24.8 Å². The number of para-hydroxylation sites is 1. The van der Waals surface area contributed by atoms with E-state index in [9.17, 15) is 8.78 Å². The molecule has 0 aliphatic heterocycles. The SMILES string of the molecule is COc1ccccc1-c1nnc(-c2cc(Cl)cnc2OC(F)F)n1C. The summed E-state index contributed by atoms with van der Waals surface area (Å²) in [7, 11) is 3.25. The summed E-state index contributed by atoms with van der Waals surface area (Å²) in [5, 5.41) is 8.48. The third-order valence-electron chi connectivity index (χ3n) is 3.48. The van der Waals surface area contributed by atoms with Crippen LogP contribution in [0.2, 0.25) is 5.02 Å². The lowest BCUT2D eigenvalue weighted by Crippen LogP contribution is -2.06. The lowest BCUT2D eigenvalue weighted by molar-refractivity contribution is -0.0524. The molecule has 0 saturated heterocycles. The van der Waals surface area contributed by atoms with E-state index in [4.69, 9.17) is 16.3 Å². The van der Waals surface area contributed by atoms with Gasteiger partial charge in [-0.2, -0.15) is 8.78 Å². The molecular formula is C16H13ClF2N4O2. The summed E-state index contributed by atoms with van der Waals surface area (Å²) in [6.07, 6.45) is 1.22. The van der Waals surface area contributed by atoms with Crippen LogP contribution in [0.25, 0.3) is 22.8 Å². The van der Waals surface area contributed by atoms with E-state index < -0.39 is 6.61 Å². The minimum Gasteiger partial charge on any atom is -0.496 e. The fourth-order valence-electron chi connectivity index (χ4n) is 2.39. The van der Waals surface area contributed by atoms with Gasteiger partial charge >= 0.3 is 6.61 Å². The van der Waals surface area contributed by atoms with Gasteiger partial charge in [0, 0.05) is 13.2 Å². The molecule has 1 aromatic carbocycles. The maximum atomic E-state index is 12.6. The van der Waals surface area contributed by atoms with Crippen molar-refractivity contribution in [1.82, 2.24) is 19.7 Å². The number of hydrogen-bond acceptors (Lipinski definition) is 5. The van der Waals surface area contributed by atoms with Gasteiger partial charge < -0.3 is 14.0 Å². The van der Waals surface area contributed by atoms with E-state index in [-0.39, 0.29) is 22.3 Å². The summed E-state index contributed by atoms with van der Waals surface area (Å²) in [4.78, 5) is 3.81. The van der Waals surface area contributed by atoms with Gasteiger partial charge in [0.1, 0.15) is 5.75 Å². The topological polar surface area (TPSA) is 62.1 Å². The molecule has 6 nitrogen and oxygen atoms in total. The van der Waals surface area contributed by atoms with Crippen molar-refractivity contribution in [3.63, 3.8) is 0 Å². The summed E-state index contributed by atoms with van der Waals surface area (Å²) >= 11 is 5.94. The largest absolute Gasteiger partial charge is 0.496 e. The van der Waals surface area contributed by atoms with Gasteiger partial charge in [0.05, 0.1) is 23.3 Å². The van der Waals surface area contributed by atoms with Crippen LogP contribution < -0.4 is 9.47 Å². The number of aromatic nitrogens is 4. The minimum absolute atomic E-state index is 0.212. The second-order valence-electron chi connectivity index (χ2n) is 4.99. The van der Waals surface area contributed by atoms with Crippen LogP contribution >= 0.6 is 11.6 Å². The van der Waals surface area contributed by atoms with Crippen LogP contribution in [0.15, 0.2) is 36.5 Å². The van der Waals surface area contributed by atoms with E-state index in [0.29, 0.717) is 17.1 Å². The molecule has 0 aliphatic carbocycles. The van der Waals surface area contributed by atoms with Crippen LogP contribution in [-0.2, 0) is 7.05 Å². The Morgan fingerprint density at radius 1 is 1.12 bits per heavy atom. The first-order valence-electron chi connectivity index (χ1n) is 7.14. The zero-order valence-electron chi connectivity index (χ0n) is 13.3. The Balaban J connectivity index is 2.12. The molecule has 130 valence electrons. The van der Waals surface area contributed by atoms with Gasteiger partial charge in [0.15, 0.2) is 11.6 Å². The van der Waals surface area contributed by atoms with Crippen molar-refractivity contribution in [1.29, 1.82) is 0 Å². The van der Waals surface area contributed by atoms with Gasteiger partial charge in [-0.15, -0.1) is 10.2 Å². The minimum atomic E-state index is -3.02. The lowest BCUT2D eigenvalue weighted by Gasteiger charge is -2.11. The number of hydrogen-bond donors (Lipinski definition) is 0. The maximum Gasteiger partial charge on any atom is 0.388 e. The summed E-state index contributed by atoms with van der Waals surface area (Å²) in [6, 6.07) is 8.71. The van der Waals surface area contributed by atoms with Crippen molar-refractivity contribution in [2.24, 2.45) is 7.05 Å². The predicted octanol–water partition coefficient (Wildman–Crippen LogP) is 3.81. The second-order valence-corrected chi connectivity index (χ2v) is 5.43. The Bertz CT molecular complexity index is 902. The molecule has 0 amide bonds. The van der Waals surface area contributed by atoms with Crippen LogP contribution in [0.1, 0.15) is 0 Å². The highest BCUT2D eigenvalue weighted by Crippen LogP contribution is 2.34. The standard InChI is InChI=1S/C16H13ClF2N4O2/c1-23-13(10-5-3-4-6-12(10)24-2)21-22-14(23)11-7-9(17)8-20-15(11)25-16(18)19/h3-8,16H,1-2H3. The average Bonchev–Trinajstić information content (AvgIpc) is 2.97. The molecule has 3 aromatic rings. The molecule has 2 heterocycles. The summed E-state index contributed by atoms with van der Waals surface area (Å²) < 4.78 is 36.7. The van der Waals surface area contributed by atoms with Crippen LogP contribution in [0.5, 0.6) is 11.6 Å². The van der Waals surface area contributed by atoms with Gasteiger partial charge in [-0.3, -0.25) is 0 Å². The number of halogens is 3. The van der Waals surface area contributed by atoms with Gasteiger partial charge in [-0.25, -0.2) is 4.98 Å². The zero-order chi connectivity index (χ0) is 18.0. The van der Waals surface area contributed by atoms with Crippen molar-refractivity contribution in [2.75, 3.05) is 7.11 Å². The van der Waals surface area contributed by atoms with E-state index in [1.807, 2.05) is 18.2 Å². The molecular weight excluding hydrogens is 354 g/mol. The van der Waals surface area contributed by atoms with Crippen molar-refractivity contribution in [3.05, 3.63) is 41.6 Å². The number of nitrogens with zero attached hydrogens (tertiary/aromatic N) is 4. The Kier molecular flexibility index (Phi) is 4.80. The van der Waals surface area contributed by atoms with Crippen molar-refractivity contribution in [3.8, 4) is 34.4 Å². The van der Waals surface area contributed by atoms with Crippen LogP contribution in [-0.4, -0.2) is 33.5 Å². The molecule has 0 saturated carbocycles. The number of ether oxygens (including phenoxy) is 2. The Morgan fingerprint density at radius 2 is 1.80 bits per heavy atom. The Morgan fingerprint density at radius 3 is 2.48 bits per heavy atom. The third-order valence-corrected chi connectivity index (χ3v) is 3.69. The molecule has 3 rings (SSSR count). The number of rotatable bonds is 5. The Hall–Kier alpha value is -2.74. The highest BCUT2D eigenvalue weighted by molar-refractivity contribution is 6.30. The zero-order valence-corrected chi connectivity index (χ0v) is 14.0. The first-order valence-corrected chi connectivity index (χ1v) is 7.52. The van der Waals surface area contributed by atoms with Crippen molar-refractivity contribution in [2.45, 2.75) is 6.61 Å². The fourth-order valence-corrected chi connectivity index (χ4v) is 2.55. The molecule has 0 spiro atoms. The van der Waals surface area contributed by atoms with Crippen LogP contribution in [0.3, 0.4) is 0 Å². The molecule has 0 N–H and O–H groups in total. The highest BCUT2D eigenvalue weighted by Gasteiger charge is 2.21. The molecule has 0 unspecified atom stereocenters.